The van der Waals surface area contributed by atoms with E-state index >= 15 is 0 Å². The van der Waals surface area contributed by atoms with Crippen molar-refractivity contribution in [1.29, 1.82) is 0 Å². The van der Waals surface area contributed by atoms with Crippen molar-refractivity contribution in [2.24, 2.45) is 0 Å². The van der Waals surface area contributed by atoms with Gasteiger partial charge < -0.3 is 15.0 Å². The fourth-order valence-corrected chi connectivity index (χ4v) is 3.53. The van der Waals surface area contributed by atoms with E-state index in [1.165, 1.54) is 0 Å². The molecular formula is C26H35ClN2O3. The SMILES string of the molecule is CC[C@@H](C)NC(=O)[C@@H](C)N(Cc1cccc(Cl)c1)C(=O)COc1ccccc1C(C)(C)C. The second-order valence-corrected chi connectivity index (χ2v) is 9.62. The lowest BCUT2D eigenvalue weighted by molar-refractivity contribution is -0.142. The fraction of sp³-hybridized carbons (Fsp3) is 0.462. The third-order valence-electron chi connectivity index (χ3n) is 5.46. The summed E-state index contributed by atoms with van der Waals surface area (Å²) < 4.78 is 5.95. The lowest BCUT2D eigenvalue weighted by Gasteiger charge is -2.30. The van der Waals surface area contributed by atoms with Crippen LogP contribution < -0.4 is 10.1 Å². The van der Waals surface area contributed by atoms with Crippen LogP contribution in [0, 0.1) is 0 Å². The molecule has 174 valence electrons. The molecule has 2 aromatic rings. The van der Waals surface area contributed by atoms with Gasteiger partial charge >= 0.3 is 0 Å². The summed E-state index contributed by atoms with van der Waals surface area (Å²) in [4.78, 5) is 27.6. The van der Waals surface area contributed by atoms with Crippen molar-refractivity contribution >= 4 is 23.4 Å². The van der Waals surface area contributed by atoms with E-state index in [9.17, 15) is 9.59 Å². The highest BCUT2D eigenvalue weighted by Crippen LogP contribution is 2.31. The van der Waals surface area contributed by atoms with Crippen LogP contribution in [0.2, 0.25) is 5.02 Å². The zero-order chi connectivity index (χ0) is 23.9. The second-order valence-electron chi connectivity index (χ2n) is 9.18. The zero-order valence-corrected chi connectivity index (χ0v) is 20.7. The van der Waals surface area contributed by atoms with E-state index in [1.807, 2.05) is 50.2 Å². The topological polar surface area (TPSA) is 58.6 Å². The third-order valence-corrected chi connectivity index (χ3v) is 5.69. The molecule has 0 aliphatic rings. The first-order chi connectivity index (χ1) is 15.0. The maximum Gasteiger partial charge on any atom is 0.261 e. The van der Waals surface area contributed by atoms with Gasteiger partial charge in [-0.2, -0.15) is 0 Å². The highest BCUT2D eigenvalue weighted by Gasteiger charge is 2.28. The number of amides is 2. The van der Waals surface area contributed by atoms with Gasteiger partial charge in [-0.1, -0.05) is 69.6 Å². The number of benzene rings is 2. The summed E-state index contributed by atoms with van der Waals surface area (Å²) in [5, 5.41) is 3.55. The molecule has 0 aromatic heterocycles. The number of carbonyl (C=O) groups is 2. The van der Waals surface area contributed by atoms with Crippen LogP contribution in [0.4, 0.5) is 0 Å². The monoisotopic (exact) mass is 458 g/mol. The van der Waals surface area contributed by atoms with E-state index in [-0.39, 0.29) is 36.4 Å². The number of rotatable bonds is 9. The second kappa shape index (κ2) is 11.4. The highest BCUT2D eigenvalue weighted by molar-refractivity contribution is 6.30. The molecule has 2 atom stereocenters. The summed E-state index contributed by atoms with van der Waals surface area (Å²) in [6.07, 6.45) is 0.813. The van der Waals surface area contributed by atoms with Gasteiger partial charge in [-0.15, -0.1) is 0 Å². The normalized spacial score (nSPS) is 13.2. The van der Waals surface area contributed by atoms with Crippen LogP contribution in [0.3, 0.4) is 0 Å². The molecule has 0 aliphatic carbocycles. The van der Waals surface area contributed by atoms with Crippen molar-refractivity contribution in [3.8, 4) is 5.75 Å². The molecule has 2 aromatic carbocycles. The molecule has 0 fully saturated rings. The van der Waals surface area contributed by atoms with Crippen LogP contribution in [0.15, 0.2) is 48.5 Å². The lowest BCUT2D eigenvalue weighted by atomic mass is 9.86. The zero-order valence-electron chi connectivity index (χ0n) is 19.9. The van der Waals surface area contributed by atoms with Gasteiger partial charge in [0.25, 0.3) is 5.91 Å². The Hall–Kier alpha value is -2.53. The van der Waals surface area contributed by atoms with Crippen molar-refractivity contribution in [3.63, 3.8) is 0 Å². The molecule has 0 aliphatic heterocycles. The molecule has 0 saturated carbocycles. The van der Waals surface area contributed by atoms with Crippen LogP contribution in [0.25, 0.3) is 0 Å². The minimum absolute atomic E-state index is 0.0305. The maximum atomic E-state index is 13.3. The molecule has 2 rings (SSSR count). The first kappa shape index (κ1) is 25.7. The molecule has 0 unspecified atom stereocenters. The van der Waals surface area contributed by atoms with Gasteiger partial charge in [0, 0.05) is 17.6 Å². The summed E-state index contributed by atoms with van der Waals surface area (Å²) in [6.45, 7) is 12.1. The largest absolute Gasteiger partial charge is 0.483 e. The Kier molecular flexibility index (Phi) is 9.14. The molecule has 0 saturated heterocycles. The molecule has 0 bridgehead atoms. The van der Waals surface area contributed by atoms with Gasteiger partial charge in [0.15, 0.2) is 6.61 Å². The van der Waals surface area contributed by atoms with Crippen LogP contribution in [-0.4, -0.2) is 35.4 Å². The van der Waals surface area contributed by atoms with Crippen molar-refractivity contribution in [1.82, 2.24) is 10.2 Å². The Morgan fingerprint density at radius 1 is 1.09 bits per heavy atom. The molecule has 1 N–H and O–H groups in total. The predicted molar refractivity (Wildman–Crippen MR) is 130 cm³/mol. The molecule has 0 radical (unpaired) electrons. The Morgan fingerprint density at radius 3 is 2.41 bits per heavy atom. The summed E-state index contributed by atoms with van der Waals surface area (Å²) >= 11 is 6.13. The van der Waals surface area contributed by atoms with Gasteiger partial charge in [0.05, 0.1) is 0 Å². The van der Waals surface area contributed by atoms with E-state index in [0.717, 1.165) is 17.5 Å². The number of hydrogen-bond donors (Lipinski definition) is 1. The van der Waals surface area contributed by atoms with Crippen LogP contribution >= 0.6 is 11.6 Å². The fourth-order valence-electron chi connectivity index (χ4n) is 3.31. The molecule has 5 nitrogen and oxygen atoms in total. The van der Waals surface area contributed by atoms with Gasteiger partial charge in [0.1, 0.15) is 11.8 Å². The van der Waals surface area contributed by atoms with Gasteiger partial charge in [-0.05, 0) is 55.0 Å². The molecular weight excluding hydrogens is 424 g/mol. The summed E-state index contributed by atoms with van der Waals surface area (Å²) in [7, 11) is 0. The number of para-hydroxylation sites is 1. The van der Waals surface area contributed by atoms with Crippen molar-refractivity contribution in [2.75, 3.05) is 6.61 Å². The molecule has 2 amide bonds. The van der Waals surface area contributed by atoms with Gasteiger partial charge in [-0.25, -0.2) is 0 Å². The number of ether oxygens (including phenoxy) is 1. The smallest absolute Gasteiger partial charge is 0.261 e. The quantitative estimate of drug-likeness (QED) is 0.551. The van der Waals surface area contributed by atoms with Crippen molar-refractivity contribution in [2.45, 2.75) is 72.0 Å². The Balaban J connectivity index is 2.23. The highest BCUT2D eigenvalue weighted by atomic mass is 35.5. The van der Waals surface area contributed by atoms with Crippen LogP contribution in [0.5, 0.6) is 5.75 Å². The van der Waals surface area contributed by atoms with E-state index in [4.69, 9.17) is 16.3 Å². The number of hydrogen-bond acceptors (Lipinski definition) is 3. The summed E-state index contributed by atoms with van der Waals surface area (Å²) in [6, 6.07) is 14.4. The van der Waals surface area contributed by atoms with E-state index in [0.29, 0.717) is 10.8 Å². The Labute approximate surface area is 197 Å². The maximum absolute atomic E-state index is 13.3. The number of nitrogens with one attached hydrogen (secondary N) is 1. The molecule has 0 heterocycles. The van der Waals surface area contributed by atoms with Crippen molar-refractivity contribution in [3.05, 3.63) is 64.7 Å². The van der Waals surface area contributed by atoms with E-state index in [2.05, 4.69) is 26.1 Å². The molecule has 6 heteroatoms. The summed E-state index contributed by atoms with van der Waals surface area (Å²) in [5.74, 6) is 0.220. The predicted octanol–water partition coefficient (Wildman–Crippen LogP) is 5.35. The minimum atomic E-state index is -0.656. The lowest BCUT2D eigenvalue weighted by Crippen LogP contribution is -2.50. The van der Waals surface area contributed by atoms with Crippen LogP contribution in [-0.2, 0) is 21.5 Å². The molecule has 32 heavy (non-hydrogen) atoms. The number of nitrogens with zero attached hydrogens (tertiary/aromatic N) is 1. The first-order valence-corrected chi connectivity index (χ1v) is 11.5. The van der Waals surface area contributed by atoms with Crippen LogP contribution in [0.1, 0.15) is 59.1 Å². The first-order valence-electron chi connectivity index (χ1n) is 11.1. The third kappa shape index (κ3) is 7.27. The van der Waals surface area contributed by atoms with E-state index < -0.39 is 6.04 Å². The number of halogens is 1. The van der Waals surface area contributed by atoms with Gasteiger partial charge in [0.2, 0.25) is 5.91 Å². The average Bonchev–Trinajstić information content (AvgIpc) is 2.74. The average molecular weight is 459 g/mol. The van der Waals surface area contributed by atoms with Crippen molar-refractivity contribution < 1.29 is 14.3 Å². The minimum Gasteiger partial charge on any atom is -0.483 e. The Bertz CT molecular complexity index is 923. The van der Waals surface area contributed by atoms with E-state index in [1.54, 1.807) is 24.0 Å². The standard InChI is InChI=1S/C26H35ClN2O3/c1-7-18(2)28-25(31)19(3)29(16-20-11-10-12-21(27)15-20)24(30)17-32-23-14-9-8-13-22(23)26(4,5)6/h8-15,18-19H,7,16-17H2,1-6H3,(H,28,31)/t18-,19-/m1/s1. The Morgan fingerprint density at radius 2 is 1.78 bits per heavy atom. The number of carbonyl (C=O) groups excluding carboxylic acids is 2. The molecule has 0 spiro atoms. The summed E-state index contributed by atoms with van der Waals surface area (Å²) in [5.41, 5.74) is 1.75. The van der Waals surface area contributed by atoms with Gasteiger partial charge in [-0.3, -0.25) is 9.59 Å².